The number of ether oxygens (including phenoxy) is 1. The van der Waals surface area contributed by atoms with Crippen molar-refractivity contribution in [3.8, 4) is 5.69 Å². The normalized spacial score (nSPS) is 10.8. The minimum Gasteiger partial charge on any atom is -0.391 e. The Bertz CT molecular complexity index is 642. The summed E-state index contributed by atoms with van der Waals surface area (Å²) >= 11 is 6.14. The maximum absolute atomic E-state index is 11.0. The van der Waals surface area contributed by atoms with Crippen molar-refractivity contribution < 1.29 is 14.8 Å². The summed E-state index contributed by atoms with van der Waals surface area (Å²) in [7, 11) is 1.49. The Morgan fingerprint density at radius 2 is 2.20 bits per heavy atom. The van der Waals surface area contributed by atoms with E-state index in [1.165, 1.54) is 23.9 Å². The zero-order chi connectivity index (χ0) is 14.7. The van der Waals surface area contributed by atoms with Crippen LogP contribution in [0.1, 0.15) is 11.3 Å². The number of hydrogen-bond acceptors (Lipinski definition) is 5. The molecule has 1 heterocycles. The van der Waals surface area contributed by atoms with Gasteiger partial charge in [0.1, 0.15) is 10.8 Å². The second-order valence-electron chi connectivity index (χ2n) is 3.96. The third-order valence-corrected chi connectivity index (χ3v) is 3.14. The van der Waals surface area contributed by atoms with Gasteiger partial charge >= 0.3 is 0 Å². The van der Waals surface area contributed by atoms with Crippen LogP contribution in [-0.2, 0) is 18.0 Å². The Morgan fingerprint density at radius 1 is 1.50 bits per heavy atom. The molecule has 20 heavy (non-hydrogen) atoms. The fourth-order valence-electron chi connectivity index (χ4n) is 1.84. The topological polar surface area (TPSA) is 90.4 Å². The van der Waals surface area contributed by atoms with E-state index in [1.807, 2.05) is 0 Å². The van der Waals surface area contributed by atoms with Gasteiger partial charge in [-0.2, -0.15) is 5.10 Å². The Kier molecular flexibility index (Phi) is 4.33. The molecule has 0 amide bonds. The molecule has 0 bridgehead atoms. The highest BCUT2D eigenvalue weighted by molar-refractivity contribution is 6.30. The van der Waals surface area contributed by atoms with E-state index >= 15 is 0 Å². The quantitative estimate of drug-likeness (QED) is 0.674. The molecule has 7 nitrogen and oxygen atoms in total. The molecule has 1 aromatic carbocycles. The number of benzene rings is 1. The minimum absolute atomic E-state index is 0.120. The molecule has 0 spiro atoms. The van der Waals surface area contributed by atoms with E-state index in [4.69, 9.17) is 16.3 Å². The van der Waals surface area contributed by atoms with Crippen molar-refractivity contribution in [2.24, 2.45) is 0 Å². The number of nitro groups is 1. The molecule has 2 rings (SSSR count). The van der Waals surface area contributed by atoms with Crippen LogP contribution in [0.4, 0.5) is 5.69 Å². The van der Waals surface area contributed by atoms with Gasteiger partial charge in [-0.25, -0.2) is 4.68 Å². The molecule has 0 aliphatic rings. The van der Waals surface area contributed by atoms with Crippen molar-refractivity contribution in [2.75, 3.05) is 7.11 Å². The van der Waals surface area contributed by atoms with Crippen LogP contribution in [0.3, 0.4) is 0 Å². The van der Waals surface area contributed by atoms with Crippen LogP contribution in [0.25, 0.3) is 5.69 Å². The predicted octanol–water partition coefficient (Wildman–Crippen LogP) is 2.07. The molecule has 0 aliphatic carbocycles. The Balaban J connectivity index is 2.62. The molecule has 0 aliphatic heterocycles. The first-order valence-corrected chi connectivity index (χ1v) is 6.07. The molecule has 2 aromatic rings. The minimum atomic E-state index is -0.512. The van der Waals surface area contributed by atoms with E-state index in [-0.39, 0.29) is 29.7 Å². The van der Waals surface area contributed by atoms with Crippen LogP contribution in [-0.4, -0.2) is 26.9 Å². The number of rotatable bonds is 5. The number of aliphatic hydroxyl groups is 1. The second-order valence-corrected chi connectivity index (χ2v) is 4.32. The highest BCUT2D eigenvalue weighted by Gasteiger charge is 2.22. The predicted molar refractivity (Wildman–Crippen MR) is 71.9 cm³/mol. The van der Waals surface area contributed by atoms with Gasteiger partial charge in [-0.1, -0.05) is 23.7 Å². The first kappa shape index (κ1) is 14.4. The molecule has 0 radical (unpaired) electrons. The lowest BCUT2D eigenvalue weighted by atomic mass is 10.2. The van der Waals surface area contributed by atoms with E-state index in [2.05, 4.69) is 5.10 Å². The van der Waals surface area contributed by atoms with Crippen molar-refractivity contribution in [3.63, 3.8) is 0 Å². The Hall–Kier alpha value is -1.96. The summed E-state index contributed by atoms with van der Waals surface area (Å²) in [6.07, 6.45) is 0. The highest BCUT2D eigenvalue weighted by Crippen LogP contribution is 2.29. The number of nitro benzene ring substituents is 1. The van der Waals surface area contributed by atoms with Gasteiger partial charge in [0, 0.05) is 18.7 Å². The maximum Gasteiger partial charge on any atom is 0.294 e. The fourth-order valence-corrected chi connectivity index (χ4v) is 2.14. The lowest BCUT2D eigenvalue weighted by Crippen LogP contribution is -2.02. The monoisotopic (exact) mass is 297 g/mol. The van der Waals surface area contributed by atoms with E-state index < -0.39 is 4.92 Å². The Morgan fingerprint density at radius 3 is 2.80 bits per heavy atom. The number of aliphatic hydroxyl groups excluding tert-OH is 1. The molecule has 1 aromatic heterocycles. The van der Waals surface area contributed by atoms with Crippen LogP contribution < -0.4 is 0 Å². The van der Waals surface area contributed by atoms with Gasteiger partial charge in [0.15, 0.2) is 0 Å². The molecule has 0 saturated heterocycles. The van der Waals surface area contributed by atoms with Crippen molar-refractivity contribution in [3.05, 3.63) is 50.8 Å². The molecule has 0 unspecified atom stereocenters. The van der Waals surface area contributed by atoms with Crippen molar-refractivity contribution >= 4 is 17.3 Å². The lowest BCUT2D eigenvalue weighted by Gasteiger charge is -2.04. The van der Waals surface area contributed by atoms with E-state index in [9.17, 15) is 15.2 Å². The third kappa shape index (κ3) is 2.51. The summed E-state index contributed by atoms with van der Waals surface area (Å²) in [4.78, 5) is 10.5. The number of para-hydroxylation sites is 2. The van der Waals surface area contributed by atoms with Gasteiger partial charge in [-0.3, -0.25) is 10.1 Å². The summed E-state index contributed by atoms with van der Waals surface area (Å²) in [6, 6.07) is 6.10. The molecule has 0 saturated carbocycles. The summed E-state index contributed by atoms with van der Waals surface area (Å²) in [5.74, 6) is 0. The van der Waals surface area contributed by atoms with Gasteiger partial charge in [-0.15, -0.1) is 0 Å². The Labute approximate surface area is 119 Å². The van der Waals surface area contributed by atoms with Crippen LogP contribution in [0.5, 0.6) is 0 Å². The smallest absolute Gasteiger partial charge is 0.294 e. The third-order valence-electron chi connectivity index (χ3n) is 2.75. The van der Waals surface area contributed by atoms with Gasteiger partial charge in [0.25, 0.3) is 5.69 Å². The summed E-state index contributed by atoms with van der Waals surface area (Å²) in [6.45, 7) is -0.165. The first-order chi connectivity index (χ1) is 9.60. The molecule has 8 heteroatoms. The average molecular weight is 298 g/mol. The van der Waals surface area contributed by atoms with E-state index in [0.29, 0.717) is 11.3 Å². The average Bonchev–Trinajstić information content (AvgIpc) is 2.75. The number of nitrogens with zero attached hydrogens (tertiary/aromatic N) is 3. The summed E-state index contributed by atoms with van der Waals surface area (Å²) in [5, 5.41) is 24.7. The summed E-state index contributed by atoms with van der Waals surface area (Å²) in [5.41, 5.74) is 0.953. The number of hydrogen-bond donors (Lipinski definition) is 1. The van der Waals surface area contributed by atoms with Crippen molar-refractivity contribution in [1.29, 1.82) is 0 Å². The molecule has 0 atom stereocenters. The zero-order valence-electron chi connectivity index (χ0n) is 10.6. The fraction of sp³-hybridized carbons (Fsp3) is 0.250. The standard InChI is InChI=1S/C12H12ClN3O4/c1-20-7-9-8(6-17)12(13)15(14-9)10-4-2-3-5-11(10)16(18)19/h2-5,17H,6-7H2,1H3. The molecule has 0 fully saturated rings. The van der Waals surface area contributed by atoms with E-state index in [0.717, 1.165) is 0 Å². The number of halogens is 1. The van der Waals surface area contributed by atoms with E-state index in [1.54, 1.807) is 12.1 Å². The van der Waals surface area contributed by atoms with Crippen LogP contribution in [0, 0.1) is 10.1 Å². The van der Waals surface area contributed by atoms with Crippen LogP contribution in [0.2, 0.25) is 5.15 Å². The largest absolute Gasteiger partial charge is 0.391 e. The highest BCUT2D eigenvalue weighted by atomic mass is 35.5. The van der Waals surface area contributed by atoms with Crippen LogP contribution in [0.15, 0.2) is 24.3 Å². The first-order valence-electron chi connectivity index (χ1n) is 5.70. The zero-order valence-corrected chi connectivity index (χ0v) is 11.4. The molecular formula is C12H12ClN3O4. The van der Waals surface area contributed by atoms with Gasteiger partial charge < -0.3 is 9.84 Å². The van der Waals surface area contributed by atoms with Crippen molar-refractivity contribution in [1.82, 2.24) is 9.78 Å². The van der Waals surface area contributed by atoms with Gasteiger partial charge in [0.2, 0.25) is 0 Å². The molecule has 106 valence electrons. The number of aromatic nitrogens is 2. The van der Waals surface area contributed by atoms with Crippen LogP contribution >= 0.6 is 11.6 Å². The summed E-state index contributed by atoms with van der Waals surface area (Å²) < 4.78 is 6.21. The maximum atomic E-state index is 11.0. The SMILES string of the molecule is COCc1nn(-c2ccccc2[N+](=O)[O-])c(Cl)c1CO. The van der Waals surface area contributed by atoms with Crippen molar-refractivity contribution in [2.45, 2.75) is 13.2 Å². The second kappa shape index (κ2) is 6.00. The molecular weight excluding hydrogens is 286 g/mol. The van der Waals surface area contributed by atoms with Gasteiger partial charge in [0.05, 0.1) is 23.8 Å². The number of methoxy groups -OCH3 is 1. The molecule has 1 N–H and O–H groups in total. The lowest BCUT2D eigenvalue weighted by molar-refractivity contribution is -0.384. The van der Waals surface area contributed by atoms with Gasteiger partial charge in [-0.05, 0) is 6.07 Å².